The molecule has 1 spiro atoms. The van der Waals surface area contributed by atoms with Crippen LogP contribution < -0.4 is 5.43 Å². The van der Waals surface area contributed by atoms with Crippen LogP contribution in [0.1, 0.15) is 18.5 Å². The summed E-state index contributed by atoms with van der Waals surface area (Å²) in [5.41, 5.74) is 1.31. The molecule has 1 N–H and O–H groups in total. The Morgan fingerprint density at radius 3 is 3.00 bits per heavy atom. The van der Waals surface area contributed by atoms with Crippen LogP contribution in [0.4, 0.5) is 0 Å². The van der Waals surface area contributed by atoms with Crippen molar-refractivity contribution in [3.8, 4) is 0 Å². The van der Waals surface area contributed by atoms with Gasteiger partial charge in [0.15, 0.2) is 5.43 Å². The highest BCUT2D eigenvalue weighted by atomic mass is 16.5. The Kier molecular flexibility index (Phi) is 3.71. The minimum atomic E-state index is -0.256. The number of benzene rings is 1. The number of amides is 1. The standard InChI is InChI=1S/C21H24N2O4/c1-13-8-18(25)14-4-2-3-5-17(14)23(13)10-20(26)22-9-16-15(11-24)19-6-7-21(16,12-22)27-19/h2-5,8,15-16,19,24H,6-7,9-12H2,1H3/t15-,16+,19+,21+/m1/s1. The normalized spacial score (nSPS) is 31.6. The zero-order chi connectivity index (χ0) is 18.8. The maximum atomic E-state index is 13.1. The number of carbonyl (C=O) groups excluding carboxylic acids is 1. The van der Waals surface area contributed by atoms with E-state index in [0.29, 0.717) is 18.5 Å². The van der Waals surface area contributed by atoms with Crippen molar-refractivity contribution in [3.05, 3.63) is 46.2 Å². The molecule has 3 aliphatic heterocycles. The van der Waals surface area contributed by atoms with Crippen molar-refractivity contribution in [2.45, 2.75) is 38.0 Å². The molecule has 1 amide bonds. The summed E-state index contributed by atoms with van der Waals surface area (Å²) < 4.78 is 8.15. The maximum absolute atomic E-state index is 13.1. The summed E-state index contributed by atoms with van der Waals surface area (Å²) in [5.74, 6) is 0.419. The van der Waals surface area contributed by atoms with Gasteiger partial charge in [-0.25, -0.2) is 0 Å². The molecule has 0 radical (unpaired) electrons. The van der Waals surface area contributed by atoms with Crippen LogP contribution in [0.2, 0.25) is 0 Å². The number of likely N-dealkylation sites (tertiary alicyclic amines) is 1. The highest BCUT2D eigenvalue weighted by Crippen LogP contribution is 2.54. The molecule has 6 heteroatoms. The number of hydrogen-bond donors (Lipinski definition) is 1. The minimum absolute atomic E-state index is 0.0161. The van der Waals surface area contributed by atoms with E-state index in [9.17, 15) is 14.7 Å². The molecule has 1 aromatic carbocycles. The van der Waals surface area contributed by atoms with Gasteiger partial charge in [0, 0.05) is 42.1 Å². The Hall–Kier alpha value is -2.18. The Balaban J connectivity index is 1.43. The number of ether oxygens (including phenoxy) is 1. The molecule has 2 aromatic rings. The first-order chi connectivity index (χ1) is 13.0. The number of fused-ring (bicyclic) bond motifs is 2. The molecule has 142 valence electrons. The number of aromatic nitrogens is 1. The number of aliphatic hydroxyl groups excluding tert-OH is 1. The van der Waals surface area contributed by atoms with Crippen molar-refractivity contribution in [2.75, 3.05) is 19.7 Å². The lowest BCUT2D eigenvalue weighted by molar-refractivity contribution is -0.132. The van der Waals surface area contributed by atoms with Gasteiger partial charge in [0.1, 0.15) is 6.54 Å². The Bertz CT molecular complexity index is 984. The minimum Gasteiger partial charge on any atom is -0.396 e. The molecule has 4 heterocycles. The summed E-state index contributed by atoms with van der Waals surface area (Å²) in [6.07, 6.45) is 2.11. The van der Waals surface area contributed by atoms with Crippen molar-refractivity contribution in [3.63, 3.8) is 0 Å². The van der Waals surface area contributed by atoms with Crippen LogP contribution in [0.5, 0.6) is 0 Å². The molecule has 3 aliphatic rings. The molecule has 4 atom stereocenters. The van der Waals surface area contributed by atoms with Crippen LogP contribution in [0.3, 0.4) is 0 Å². The van der Waals surface area contributed by atoms with Crippen LogP contribution in [0.25, 0.3) is 10.9 Å². The largest absolute Gasteiger partial charge is 0.396 e. The van der Waals surface area contributed by atoms with Gasteiger partial charge in [0.05, 0.1) is 23.8 Å². The average molecular weight is 368 g/mol. The highest BCUT2D eigenvalue weighted by Gasteiger charge is 2.63. The smallest absolute Gasteiger partial charge is 0.242 e. The average Bonchev–Trinajstić information content (AvgIpc) is 3.32. The summed E-state index contributed by atoms with van der Waals surface area (Å²) in [4.78, 5) is 27.2. The SMILES string of the molecule is Cc1cc(=O)c2ccccc2n1CC(=O)N1C[C@H]2[C@@H](CO)[C@@H]3CC[C@@]2(C1)O3. The Labute approximate surface area is 157 Å². The summed E-state index contributed by atoms with van der Waals surface area (Å²) in [6.45, 7) is 3.47. The van der Waals surface area contributed by atoms with Gasteiger partial charge < -0.3 is 19.3 Å². The van der Waals surface area contributed by atoms with Gasteiger partial charge in [0.25, 0.3) is 0 Å². The molecule has 5 rings (SSSR count). The van der Waals surface area contributed by atoms with Crippen LogP contribution in [-0.2, 0) is 16.1 Å². The van der Waals surface area contributed by atoms with Crippen LogP contribution >= 0.6 is 0 Å². The van der Waals surface area contributed by atoms with E-state index in [1.807, 2.05) is 34.6 Å². The van der Waals surface area contributed by atoms with Crippen molar-refractivity contribution >= 4 is 16.8 Å². The molecule has 6 nitrogen and oxygen atoms in total. The van der Waals surface area contributed by atoms with Gasteiger partial charge in [-0.3, -0.25) is 9.59 Å². The predicted octanol–water partition coefficient (Wildman–Crippen LogP) is 1.31. The van der Waals surface area contributed by atoms with Gasteiger partial charge in [-0.1, -0.05) is 12.1 Å². The molecule has 2 bridgehead atoms. The van der Waals surface area contributed by atoms with E-state index in [2.05, 4.69) is 0 Å². The third-order valence-corrected chi connectivity index (χ3v) is 6.87. The Morgan fingerprint density at radius 2 is 2.19 bits per heavy atom. The first-order valence-electron chi connectivity index (χ1n) is 9.68. The number of para-hydroxylation sites is 1. The molecule has 3 saturated heterocycles. The number of aliphatic hydroxyl groups is 1. The third kappa shape index (κ3) is 2.39. The zero-order valence-electron chi connectivity index (χ0n) is 15.4. The topological polar surface area (TPSA) is 71.8 Å². The van der Waals surface area contributed by atoms with E-state index < -0.39 is 0 Å². The van der Waals surface area contributed by atoms with E-state index >= 15 is 0 Å². The van der Waals surface area contributed by atoms with Gasteiger partial charge >= 0.3 is 0 Å². The van der Waals surface area contributed by atoms with Gasteiger partial charge in [0.2, 0.25) is 5.91 Å². The van der Waals surface area contributed by atoms with Crippen LogP contribution in [-0.4, -0.2) is 51.9 Å². The summed E-state index contributed by atoms with van der Waals surface area (Å²) in [5, 5.41) is 10.4. The van der Waals surface area contributed by atoms with Gasteiger partial charge in [-0.2, -0.15) is 0 Å². The third-order valence-electron chi connectivity index (χ3n) is 6.87. The first-order valence-corrected chi connectivity index (χ1v) is 9.68. The number of pyridine rings is 1. The van der Waals surface area contributed by atoms with Crippen LogP contribution in [0, 0.1) is 18.8 Å². The fraction of sp³-hybridized carbons (Fsp3) is 0.524. The Morgan fingerprint density at radius 1 is 1.37 bits per heavy atom. The highest BCUT2D eigenvalue weighted by molar-refractivity contribution is 5.83. The maximum Gasteiger partial charge on any atom is 0.242 e. The van der Waals surface area contributed by atoms with Gasteiger partial charge in [-0.15, -0.1) is 0 Å². The second-order valence-electron chi connectivity index (χ2n) is 8.24. The fourth-order valence-electron chi connectivity index (χ4n) is 5.52. The second kappa shape index (κ2) is 5.91. The molecule has 3 fully saturated rings. The number of aryl methyl sites for hydroxylation is 1. The summed E-state index contributed by atoms with van der Waals surface area (Å²) in [6, 6.07) is 9.02. The molecule has 0 saturated carbocycles. The van der Waals surface area contributed by atoms with E-state index in [1.54, 1.807) is 12.1 Å². The molecule has 0 unspecified atom stereocenters. The molecular formula is C21H24N2O4. The number of carbonyl (C=O) groups is 1. The molecule has 27 heavy (non-hydrogen) atoms. The van der Waals surface area contributed by atoms with E-state index in [4.69, 9.17) is 4.74 Å². The first kappa shape index (κ1) is 17.0. The van der Waals surface area contributed by atoms with E-state index in [-0.39, 0.29) is 48.0 Å². The summed E-state index contributed by atoms with van der Waals surface area (Å²) in [7, 11) is 0. The predicted molar refractivity (Wildman–Crippen MR) is 100 cm³/mol. The fourth-order valence-corrected chi connectivity index (χ4v) is 5.52. The van der Waals surface area contributed by atoms with Crippen molar-refractivity contribution in [1.82, 2.24) is 9.47 Å². The second-order valence-corrected chi connectivity index (χ2v) is 8.24. The zero-order valence-corrected chi connectivity index (χ0v) is 15.4. The quantitative estimate of drug-likeness (QED) is 0.887. The van der Waals surface area contributed by atoms with E-state index in [0.717, 1.165) is 24.1 Å². The van der Waals surface area contributed by atoms with E-state index in [1.165, 1.54) is 0 Å². The number of rotatable bonds is 3. The monoisotopic (exact) mass is 368 g/mol. The van der Waals surface area contributed by atoms with Crippen LogP contribution in [0.15, 0.2) is 35.1 Å². The number of hydrogen-bond acceptors (Lipinski definition) is 4. The van der Waals surface area contributed by atoms with Gasteiger partial charge in [-0.05, 0) is 31.9 Å². The molecule has 0 aliphatic carbocycles. The summed E-state index contributed by atoms with van der Waals surface area (Å²) >= 11 is 0. The lowest BCUT2D eigenvalue weighted by Crippen LogP contribution is -2.38. The van der Waals surface area contributed by atoms with Crippen molar-refractivity contribution in [2.24, 2.45) is 11.8 Å². The van der Waals surface area contributed by atoms with Crippen molar-refractivity contribution < 1.29 is 14.6 Å². The lowest BCUT2D eigenvalue weighted by atomic mass is 9.74. The van der Waals surface area contributed by atoms with Crippen molar-refractivity contribution in [1.29, 1.82) is 0 Å². The molecule has 1 aromatic heterocycles. The number of nitrogens with zero attached hydrogens (tertiary/aromatic N) is 2. The lowest BCUT2D eigenvalue weighted by Gasteiger charge is -2.27. The molecular weight excluding hydrogens is 344 g/mol.